The third kappa shape index (κ3) is 8.73. The van der Waals surface area contributed by atoms with Crippen LogP contribution in [0.5, 0.6) is 0 Å². The first-order valence-corrected chi connectivity index (χ1v) is 15.1. The Morgan fingerprint density at radius 1 is 1.18 bits per heavy atom. The van der Waals surface area contributed by atoms with E-state index in [-0.39, 0.29) is 24.7 Å². The maximum atomic E-state index is 13.3. The molecule has 0 aromatic heterocycles. The minimum atomic E-state index is -4.96. The maximum Gasteiger partial charge on any atom is 0.408 e. The number of hydrogen-bond acceptors (Lipinski definition) is 8. The van der Waals surface area contributed by atoms with Gasteiger partial charge in [-0.15, -0.1) is 0 Å². The van der Waals surface area contributed by atoms with Gasteiger partial charge in [-0.25, -0.2) is 4.79 Å². The lowest BCUT2D eigenvalue weighted by atomic mass is 9.92. The van der Waals surface area contributed by atoms with E-state index in [1.807, 2.05) is 26.0 Å². The highest BCUT2D eigenvalue weighted by molar-refractivity contribution is 7.86. The van der Waals surface area contributed by atoms with Gasteiger partial charge in [-0.2, -0.15) is 8.42 Å². The van der Waals surface area contributed by atoms with Crippen LogP contribution in [0, 0.1) is 11.8 Å². The Bertz CT molecular complexity index is 1160. The number of nitrogens with one attached hydrogen (secondary N) is 3. The van der Waals surface area contributed by atoms with Crippen LogP contribution in [-0.4, -0.2) is 71.9 Å². The summed E-state index contributed by atoms with van der Waals surface area (Å²) < 4.78 is 38.7. The molecule has 40 heavy (non-hydrogen) atoms. The normalized spacial score (nSPS) is 20.8. The van der Waals surface area contributed by atoms with Crippen LogP contribution in [-0.2, 0) is 30.9 Å². The van der Waals surface area contributed by atoms with Crippen LogP contribution < -0.4 is 16.0 Å². The predicted molar refractivity (Wildman–Crippen MR) is 145 cm³/mol. The van der Waals surface area contributed by atoms with Crippen LogP contribution >= 0.6 is 0 Å². The summed E-state index contributed by atoms with van der Waals surface area (Å²) in [5.74, 6) is -1.84. The highest BCUT2D eigenvalue weighted by Gasteiger charge is 2.40. The summed E-state index contributed by atoms with van der Waals surface area (Å²) in [6.07, 6.45) is 3.69. The molecule has 222 valence electrons. The van der Waals surface area contributed by atoms with E-state index in [4.69, 9.17) is 4.74 Å². The Hall–Kier alpha value is -3.03. The van der Waals surface area contributed by atoms with Gasteiger partial charge in [0.15, 0.2) is 0 Å². The number of ether oxygens (including phenoxy) is 1. The highest BCUT2D eigenvalue weighted by atomic mass is 32.2. The van der Waals surface area contributed by atoms with Crippen LogP contribution in [0.25, 0.3) is 0 Å². The number of benzene rings is 1. The van der Waals surface area contributed by atoms with Crippen LogP contribution in [0.2, 0.25) is 0 Å². The van der Waals surface area contributed by atoms with Gasteiger partial charge in [-0.05, 0) is 56.4 Å². The van der Waals surface area contributed by atoms with Gasteiger partial charge in [-0.1, -0.05) is 38.1 Å². The van der Waals surface area contributed by atoms with Crippen LogP contribution in [0.3, 0.4) is 0 Å². The fourth-order valence-electron chi connectivity index (χ4n) is 5.41. The second-order valence-electron chi connectivity index (χ2n) is 11.2. The minimum absolute atomic E-state index is 0.0571. The Morgan fingerprint density at radius 2 is 1.82 bits per heavy atom. The van der Waals surface area contributed by atoms with E-state index in [2.05, 4.69) is 16.0 Å². The van der Waals surface area contributed by atoms with Gasteiger partial charge in [0.1, 0.15) is 17.9 Å². The number of carbonyl (C=O) groups excluding carboxylic acids is 4. The zero-order valence-electron chi connectivity index (χ0n) is 22.8. The molecule has 12 nitrogen and oxygen atoms in total. The van der Waals surface area contributed by atoms with Gasteiger partial charge in [-0.3, -0.25) is 18.9 Å². The van der Waals surface area contributed by atoms with Crippen molar-refractivity contribution in [2.24, 2.45) is 11.8 Å². The predicted octanol–water partition coefficient (Wildman–Crippen LogP) is 1.71. The number of carbonyl (C=O) groups is 4. The molecule has 1 aliphatic carbocycles. The van der Waals surface area contributed by atoms with Crippen molar-refractivity contribution in [3.63, 3.8) is 0 Å². The van der Waals surface area contributed by atoms with Gasteiger partial charge in [0, 0.05) is 24.4 Å². The summed E-state index contributed by atoms with van der Waals surface area (Å²) in [5.41, 5.74) is -1.71. The van der Waals surface area contributed by atoms with Gasteiger partial charge in [0.05, 0.1) is 6.04 Å². The summed E-state index contributed by atoms with van der Waals surface area (Å²) >= 11 is 0. The third-order valence-electron chi connectivity index (χ3n) is 7.46. The maximum absolute atomic E-state index is 13.3. The molecular weight excluding hydrogens is 542 g/mol. The summed E-state index contributed by atoms with van der Waals surface area (Å²) in [6, 6.07) is 4.39. The molecule has 3 rings (SSSR count). The SMILES string of the molecule is CC(C)C[C@H](NC(=O)OC1(Cc2ccc(C=O)cc2)CCCC1)C(=O)N[C@@H](C[C@@H]1CCNC1=O)C(O)S(=O)(=O)O. The average molecular weight is 582 g/mol. The Labute approximate surface area is 234 Å². The van der Waals surface area contributed by atoms with E-state index in [9.17, 15) is 37.3 Å². The molecule has 0 bridgehead atoms. The number of alkyl carbamates (subject to hydrolysis) is 1. The molecule has 1 saturated carbocycles. The molecule has 3 amide bonds. The summed E-state index contributed by atoms with van der Waals surface area (Å²) in [4.78, 5) is 49.4. The second-order valence-corrected chi connectivity index (χ2v) is 12.7. The minimum Gasteiger partial charge on any atom is -0.443 e. The van der Waals surface area contributed by atoms with Crippen molar-refractivity contribution >= 4 is 34.3 Å². The molecule has 2 fully saturated rings. The molecule has 5 N–H and O–H groups in total. The highest BCUT2D eigenvalue weighted by Crippen LogP contribution is 2.36. The first kappa shape index (κ1) is 31.5. The number of aliphatic hydroxyl groups is 1. The van der Waals surface area contributed by atoms with Gasteiger partial charge in [0.2, 0.25) is 17.3 Å². The number of amides is 3. The molecule has 4 atom stereocenters. The van der Waals surface area contributed by atoms with Crippen molar-refractivity contribution in [3.05, 3.63) is 35.4 Å². The van der Waals surface area contributed by atoms with Crippen molar-refractivity contribution < 1.29 is 42.0 Å². The fraction of sp³-hybridized carbons (Fsp3) is 0.630. The average Bonchev–Trinajstić information content (AvgIpc) is 3.50. The molecule has 1 aromatic carbocycles. The van der Waals surface area contributed by atoms with E-state index in [0.717, 1.165) is 24.7 Å². The monoisotopic (exact) mass is 581 g/mol. The molecule has 1 heterocycles. The standard InChI is InChI=1S/C27H39N3O9S/c1-17(2)13-21(24(33)29-22(25(34)40(36,37)38)14-20-9-12-28-23(20)32)30-26(35)39-27(10-3-4-11-27)15-18-5-7-19(16-31)8-6-18/h5-8,16-17,20-22,25,34H,3-4,9-15H2,1-2H3,(H,28,32)(H,29,33)(H,30,35)(H,36,37,38)/t20-,21-,22-,25?/m0/s1. The summed E-state index contributed by atoms with van der Waals surface area (Å²) in [6.45, 7) is 4.04. The van der Waals surface area contributed by atoms with Crippen LogP contribution in [0.4, 0.5) is 4.79 Å². The smallest absolute Gasteiger partial charge is 0.408 e. The lowest BCUT2D eigenvalue weighted by Gasteiger charge is -2.31. The lowest BCUT2D eigenvalue weighted by Crippen LogP contribution is -2.55. The molecule has 2 aliphatic rings. The molecule has 1 saturated heterocycles. The van der Waals surface area contributed by atoms with Gasteiger partial charge >= 0.3 is 6.09 Å². The third-order valence-corrected chi connectivity index (χ3v) is 8.40. The van der Waals surface area contributed by atoms with Crippen molar-refractivity contribution in [3.8, 4) is 0 Å². The molecule has 0 spiro atoms. The Kier molecular flexibility index (Phi) is 10.7. The molecule has 13 heteroatoms. The molecule has 1 aromatic rings. The van der Waals surface area contributed by atoms with E-state index in [0.29, 0.717) is 37.8 Å². The van der Waals surface area contributed by atoms with Crippen molar-refractivity contribution in [2.75, 3.05) is 6.54 Å². The van der Waals surface area contributed by atoms with E-state index >= 15 is 0 Å². The molecule has 1 unspecified atom stereocenters. The van der Waals surface area contributed by atoms with Crippen LogP contribution in [0.1, 0.15) is 74.7 Å². The number of hydrogen-bond donors (Lipinski definition) is 5. The quantitative estimate of drug-likeness (QED) is 0.171. The Morgan fingerprint density at radius 3 is 2.35 bits per heavy atom. The fourth-order valence-corrected chi connectivity index (χ4v) is 6.00. The summed E-state index contributed by atoms with van der Waals surface area (Å²) in [5, 5.41) is 17.9. The first-order valence-electron chi connectivity index (χ1n) is 13.6. The lowest BCUT2D eigenvalue weighted by molar-refractivity contribution is -0.126. The molecule has 0 radical (unpaired) electrons. The van der Waals surface area contributed by atoms with Crippen molar-refractivity contribution in [1.82, 2.24) is 16.0 Å². The van der Waals surface area contributed by atoms with Gasteiger partial charge in [0.25, 0.3) is 10.1 Å². The van der Waals surface area contributed by atoms with Crippen molar-refractivity contribution in [2.45, 2.75) is 88.3 Å². The number of rotatable bonds is 13. The second kappa shape index (κ2) is 13.6. The zero-order valence-corrected chi connectivity index (χ0v) is 23.6. The topological polar surface area (TPSA) is 188 Å². The van der Waals surface area contributed by atoms with E-state index < -0.39 is 51.2 Å². The number of aldehydes is 1. The molecular formula is C27H39N3O9S. The Balaban J connectivity index is 1.72. The van der Waals surface area contributed by atoms with Crippen LogP contribution in [0.15, 0.2) is 24.3 Å². The van der Waals surface area contributed by atoms with E-state index in [1.54, 1.807) is 12.1 Å². The zero-order chi connectivity index (χ0) is 29.5. The molecule has 1 aliphatic heterocycles. The summed E-state index contributed by atoms with van der Waals surface area (Å²) in [7, 11) is -4.96. The largest absolute Gasteiger partial charge is 0.443 e. The van der Waals surface area contributed by atoms with E-state index in [1.165, 1.54) is 0 Å². The number of aliphatic hydroxyl groups excluding tert-OH is 1. The van der Waals surface area contributed by atoms with Crippen molar-refractivity contribution in [1.29, 1.82) is 0 Å². The first-order chi connectivity index (χ1) is 18.8. The van der Waals surface area contributed by atoms with Gasteiger partial charge < -0.3 is 25.8 Å².